The molecular formula is C62H121N2O6P. The molecule has 71 heavy (non-hydrogen) atoms. The SMILES string of the molecule is CCCCCCCCCCCCCCCCCCCCC/C=C/CC/C=C/CC/C=C/C(O)C(COP(=O)([O-])OCC[N+](C)(C)C)NC(=O)CCCCCCCCCCCCCCCCCCCCCC. The van der Waals surface area contributed by atoms with Crippen molar-refractivity contribution in [3.05, 3.63) is 36.5 Å². The predicted octanol–water partition coefficient (Wildman–Crippen LogP) is 18.3. The van der Waals surface area contributed by atoms with E-state index in [1.54, 1.807) is 6.08 Å². The molecule has 0 aliphatic carbocycles. The summed E-state index contributed by atoms with van der Waals surface area (Å²) in [5, 5.41) is 13.9. The van der Waals surface area contributed by atoms with Crippen molar-refractivity contribution < 1.29 is 32.9 Å². The Morgan fingerprint density at radius 3 is 1.14 bits per heavy atom. The number of likely N-dealkylation sites (N-methyl/N-ethyl adjacent to an activating group) is 1. The quantitative estimate of drug-likeness (QED) is 0.0272. The van der Waals surface area contributed by atoms with Gasteiger partial charge in [-0.25, -0.2) is 0 Å². The van der Waals surface area contributed by atoms with E-state index < -0.39 is 26.6 Å². The van der Waals surface area contributed by atoms with Crippen LogP contribution >= 0.6 is 7.82 Å². The Morgan fingerprint density at radius 2 is 0.789 bits per heavy atom. The van der Waals surface area contributed by atoms with Gasteiger partial charge in [0.25, 0.3) is 7.82 Å². The number of quaternary nitrogens is 1. The van der Waals surface area contributed by atoms with E-state index in [-0.39, 0.29) is 12.5 Å². The Hall–Kier alpha value is -1.28. The fraction of sp³-hybridized carbons (Fsp3) is 0.887. The fourth-order valence-corrected chi connectivity index (χ4v) is 9.97. The summed E-state index contributed by atoms with van der Waals surface area (Å²) in [6.45, 7) is 4.67. The first-order valence-corrected chi connectivity index (χ1v) is 32.3. The molecular weight excluding hydrogens is 900 g/mol. The van der Waals surface area contributed by atoms with Crippen LogP contribution in [0.3, 0.4) is 0 Å². The number of aliphatic hydroxyl groups excluding tert-OH is 1. The maximum atomic E-state index is 13.0. The molecule has 0 radical (unpaired) electrons. The van der Waals surface area contributed by atoms with Gasteiger partial charge in [0.2, 0.25) is 5.91 Å². The van der Waals surface area contributed by atoms with Crippen LogP contribution in [0, 0.1) is 0 Å². The number of nitrogens with zero attached hydrogens (tertiary/aromatic N) is 1. The van der Waals surface area contributed by atoms with Gasteiger partial charge in [0.1, 0.15) is 13.2 Å². The molecule has 0 spiro atoms. The third-order valence-electron chi connectivity index (χ3n) is 14.1. The number of allylic oxidation sites excluding steroid dienone is 5. The first-order chi connectivity index (χ1) is 34.5. The van der Waals surface area contributed by atoms with Gasteiger partial charge < -0.3 is 28.8 Å². The van der Waals surface area contributed by atoms with Crippen molar-refractivity contribution in [1.29, 1.82) is 0 Å². The van der Waals surface area contributed by atoms with E-state index in [1.165, 1.54) is 238 Å². The van der Waals surface area contributed by atoms with E-state index in [0.29, 0.717) is 17.4 Å². The van der Waals surface area contributed by atoms with Crippen molar-refractivity contribution in [2.24, 2.45) is 0 Å². The van der Waals surface area contributed by atoms with E-state index in [1.807, 2.05) is 27.2 Å². The lowest BCUT2D eigenvalue weighted by Crippen LogP contribution is -2.45. The van der Waals surface area contributed by atoms with Crippen molar-refractivity contribution in [2.45, 2.75) is 315 Å². The number of rotatable bonds is 57. The van der Waals surface area contributed by atoms with Gasteiger partial charge in [-0.15, -0.1) is 0 Å². The summed E-state index contributed by atoms with van der Waals surface area (Å²) >= 11 is 0. The Labute approximate surface area is 442 Å². The number of carbonyl (C=O) groups is 1. The van der Waals surface area contributed by atoms with Crippen LogP contribution in [-0.4, -0.2) is 68.5 Å². The van der Waals surface area contributed by atoms with Gasteiger partial charge in [0.15, 0.2) is 0 Å². The average molecular weight is 1020 g/mol. The summed E-state index contributed by atoms with van der Waals surface area (Å²) in [6.07, 6.45) is 69.6. The molecule has 8 nitrogen and oxygen atoms in total. The molecule has 0 bridgehead atoms. The molecule has 0 aromatic rings. The van der Waals surface area contributed by atoms with Gasteiger partial charge in [0, 0.05) is 6.42 Å². The van der Waals surface area contributed by atoms with E-state index in [4.69, 9.17) is 9.05 Å². The van der Waals surface area contributed by atoms with Gasteiger partial charge in [0.05, 0.1) is 39.9 Å². The highest BCUT2D eigenvalue weighted by molar-refractivity contribution is 7.45. The summed E-state index contributed by atoms with van der Waals surface area (Å²) in [7, 11) is 1.25. The molecule has 0 saturated heterocycles. The molecule has 0 saturated carbocycles. The lowest BCUT2D eigenvalue weighted by Gasteiger charge is -2.29. The fourth-order valence-electron chi connectivity index (χ4n) is 9.25. The third-order valence-corrected chi connectivity index (χ3v) is 15.0. The van der Waals surface area contributed by atoms with Gasteiger partial charge >= 0.3 is 0 Å². The van der Waals surface area contributed by atoms with E-state index in [2.05, 4.69) is 43.5 Å². The zero-order chi connectivity index (χ0) is 52.0. The topological polar surface area (TPSA) is 108 Å². The van der Waals surface area contributed by atoms with E-state index in [0.717, 1.165) is 44.9 Å². The van der Waals surface area contributed by atoms with Crippen molar-refractivity contribution in [2.75, 3.05) is 40.9 Å². The number of phosphoric acid groups is 1. The van der Waals surface area contributed by atoms with Crippen molar-refractivity contribution in [3.8, 4) is 0 Å². The number of unbranched alkanes of at least 4 members (excludes halogenated alkanes) is 40. The first kappa shape index (κ1) is 69.7. The van der Waals surface area contributed by atoms with Crippen molar-refractivity contribution in [3.63, 3.8) is 0 Å². The van der Waals surface area contributed by atoms with Crippen LogP contribution in [0.2, 0.25) is 0 Å². The minimum Gasteiger partial charge on any atom is -0.756 e. The number of hydrogen-bond acceptors (Lipinski definition) is 6. The molecule has 1 amide bonds. The minimum absolute atomic E-state index is 0.00729. The van der Waals surface area contributed by atoms with Crippen molar-refractivity contribution in [1.82, 2.24) is 5.32 Å². The van der Waals surface area contributed by atoms with E-state index >= 15 is 0 Å². The third kappa shape index (κ3) is 56.3. The van der Waals surface area contributed by atoms with Gasteiger partial charge in [-0.2, -0.15) is 0 Å². The summed E-state index contributed by atoms with van der Waals surface area (Å²) in [4.78, 5) is 25.5. The Balaban J connectivity index is 4.20. The number of carbonyl (C=O) groups excluding carboxylic acids is 1. The molecule has 0 aliphatic rings. The highest BCUT2D eigenvalue weighted by Gasteiger charge is 2.23. The van der Waals surface area contributed by atoms with Crippen LogP contribution in [0.25, 0.3) is 0 Å². The predicted molar refractivity (Wildman–Crippen MR) is 307 cm³/mol. The summed E-state index contributed by atoms with van der Waals surface area (Å²) in [6, 6.07) is -0.908. The molecule has 2 N–H and O–H groups in total. The van der Waals surface area contributed by atoms with Crippen LogP contribution < -0.4 is 10.2 Å². The maximum absolute atomic E-state index is 13.0. The molecule has 9 heteroatoms. The highest BCUT2D eigenvalue weighted by atomic mass is 31.2. The van der Waals surface area contributed by atoms with Crippen LogP contribution in [-0.2, 0) is 18.4 Å². The lowest BCUT2D eigenvalue weighted by molar-refractivity contribution is -0.870. The number of aliphatic hydroxyl groups is 1. The summed E-state index contributed by atoms with van der Waals surface area (Å²) < 4.78 is 23.4. The smallest absolute Gasteiger partial charge is 0.268 e. The molecule has 0 rings (SSSR count). The Bertz CT molecular complexity index is 1250. The standard InChI is InChI=1S/C62H121N2O6P/c1-6-8-10-12-14-16-18-20-22-24-26-28-29-30-31-32-33-34-35-36-37-39-41-43-45-47-49-51-53-55-61(65)60(59-70-71(67,68)69-58-57-64(3,4)5)63-62(66)56-54-52-50-48-46-44-42-40-38-27-25-23-21-19-17-15-13-11-9-7-2/h37,39,45,47,53,55,60-61,65H,6-36,38,40-44,46,48-52,54,56-59H2,1-5H3,(H-,63,66,67,68)/b39-37+,47-45+,55-53+. The summed E-state index contributed by atoms with van der Waals surface area (Å²) in [5.74, 6) is -0.206. The minimum atomic E-state index is -4.61. The number of phosphoric ester groups is 1. The van der Waals surface area contributed by atoms with Crippen LogP contribution in [0.4, 0.5) is 0 Å². The first-order valence-electron chi connectivity index (χ1n) is 30.9. The van der Waals surface area contributed by atoms with Gasteiger partial charge in [-0.05, 0) is 44.9 Å². The van der Waals surface area contributed by atoms with Gasteiger partial charge in [-0.3, -0.25) is 9.36 Å². The zero-order valence-corrected chi connectivity index (χ0v) is 48.8. The van der Waals surface area contributed by atoms with Gasteiger partial charge in [-0.1, -0.05) is 288 Å². The largest absolute Gasteiger partial charge is 0.756 e. The molecule has 0 aromatic carbocycles. The Morgan fingerprint density at radius 1 is 0.479 bits per heavy atom. The number of amides is 1. The number of hydrogen-bond donors (Lipinski definition) is 2. The molecule has 0 aliphatic heterocycles. The summed E-state index contributed by atoms with van der Waals surface area (Å²) in [5.41, 5.74) is 0. The Kier molecular flexibility index (Phi) is 52.6. The lowest BCUT2D eigenvalue weighted by atomic mass is 10.0. The molecule has 420 valence electrons. The molecule has 0 heterocycles. The zero-order valence-electron chi connectivity index (χ0n) is 47.9. The maximum Gasteiger partial charge on any atom is 0.268 e. The molecule has 3 atom stereocenters. The highest BCUT2D eigenvalue weighted by Crippen LogP contribution is 2.38. The average Bonchev–Trinajstić information content (AvgIpc) is 3.33. The van der Waals surface area contributed by atoms with Crippen LogP contribution in [0.15, 0.2) is 36.5 Å². The second-order valence-corrected chi connectivity index (χ2v) is 23.8. The monoisotopic (exact) mass is 1020 g/mol. The van der Waals surface area contributed by atoms with Crippen LogP contribution in [0.5, 0.6) is 0 Å². The second-order valence-electron chi connectivity index (χ2n) is 22.4. The molecule has 3 unspecified atom stereocenters. The number of nitrogens with one attached hydrogen (secondary N) is 1. The van der Waals surface area contributed by atoms with Crippen molar-refractivity contribution >= 4 is 13.7 Å². The second kappa shape index (κ2) is 53.5. The normalized spacial score (nSPS) is 14.1. The van der Waals surface area contributed by atoms with Crippen LogP contribution in [0.1, 0.15) is 303 Å². The molecule has 0 aromatic heterocycles. The van der Waals surface area contributed by atoms with E-state index in [9.17, 15) is 19.4 Å². The molecule has 0 fully saturated rings.